The number of halogens is 3. The summed E-state index contributed by atoms with van der Waals surface area (Å²) >= 11 is 0. The van der Waals surface area contributed by atoms with E-state index >= 15 is 0 Å². The summed E-state index contributed by atoms with van der Waals surface area (Å²) in [5.74, 6) is -0.804. The zero-order chi connectivity index (χ0) is 17.4. The minimum atomic E-state index is -4.73. The van der Waals surface area contributed by atoms with Crippen LogP contribution < -0.4 is 0 Å². The van der Waals surface area contributed by atoms with Gasteiger partial charge in [-0.1, -0.05) is 48.5 Å². The first-order valence-electron chi connectivity index (χ1n) is 7.14. The number of hydrogen-bond acceptors (Lipinski definition) is 3. The number of carbonyl (C=O) groups excluding carboxylic acids is 1. The summed E-state index contributed by atoms with van der Waals surface area (Å²) in [5.41, 5.74) is -3.08. The number of amides is 1. The summed E-state index contributed by atoms with van der Waals surface area (Å²) in [6, 6.07) is 15.5. The molecule has 0 radical (unpaired) electrons. The van der Waals surface area contributed by atoms with Crippen LogP contribution in [0.1, 0.15) is 22.3 Å². The van der Waals surface area contributed by atoms with Crippen LogP contribution in [0.3, 0.4) is 0 Å². The summed E-state index contributed by atoms with van der Waals surface area (Å²) in [6.45, 7) is 0. The lowest BCUT2D eigenvalue weighted by Crippen LogP contribution is -2.43. The standard InChI is InChI=1S/C17H13F3N2O2/c18-17(19,20)14-11-16(24,13-9-5-2-6-10-13)22(21-14)15(23)12-7-3-1-4-8-12/h1-10,24H,11H2/t16-/m1/s1. The fourth-order valence-electron chi connectivity index (χ4n) is 2.55. The van der Waals surface area contributed by atoms with Crippen LogP contribution in [0.4, 0.5) is 13.2 Å². The lowest BCUT2D eigenvalue weighted by Gasteiger charge is -2.31. The van der Waals surface area contributed by atoms with Gasteiger partial charge in [-0.05, 0) is 12.1 Å². The highest BCUT2D eigenvalue weighted by Gasteiger charge is 2.53. The summed E-state index contributed by atoms with van der Waals surface area (Å²) < 4.78 is 39.2. The SMILES string of the molecule is O=C(c1ccccc1)N1N=C(C(F)(F)F)C[C@@]1(O)c1ccccc1. The van der Waals surface area contributed by atoms with E-state index in [2.05, 4.69) is 5.10 Å². The van der Waals surface area contributed by atoms with Gasteiger partial charge in [0, 0.05) is 11.1 Å². The second kappa shape index (κ2) is 5.76. The molecule has 1 aliphatic heterocycles. The third-order valence-electron chi connectivity index (χ3n) is 3.76. The lowest BCUT2D eigenvalue weighted by molar-refractivity contribution is -0.0816. The number of alkyl halides is 3. The average Bonchev–Trinajstić information content (AvgIpc) is 2.95. The van der Waals surface area contributed by atoms with Gasteiger partial charge in [0.2, 0.25) is 0 Å². The van der Waals surface area contributed by atoms with Crippen LogP contribution >= 0.6 is 0 Å². The van der Waals surface area contributed by atoms with E-state index in [-0.39, 0.29) is 11.1 Å². The van der Waals surface area contributed by atoms with E-state index in [4.69, 9.17) is 0 Å². The van der Waals surface area contributed by atoms with Gasteiger partial charge in [-0.25, -0.2) is 0 Å². The zero-order valence-electron chi connectivity index (χ0n) is 12.4. The Labute approximate surface area is 135 Å². The molecule has 0 saturated carbocycles. The van der Waals surface area contributed by atoms with Gasteiger partial charge in [0.15, 0.2) is 5.72 Å². The number of aliphatic hydroxyl groups is 1. The predicted octanol–water partition coefficient (Wildman–Crippen LogP) is 3.30. The van der Waals surface area contributed by atoms with Crippen molar-refractivity contribution in [1.29, 1.82) is 0 Å². The molecule has 124 valence electrons. The Morgan fingerprint density at radius 3 is 2.12 bits per heavy atom. The minimum Gasteiger partial charge on any atom is -0.365 e. The Hall–Kier alpha value is -2.67. The normalized spacial score (nSPS) is 20.8. The van der Waals surface area contributed by atoms with Crippen molar-refractivity contribution in [2.45, 2.75) is 18.3 Å². The van der Waals surface area contributed by atoms with Gasteiger partial charge in [-0.2, -0.15) is 23.3 Å². The van der Waals surface area contributed by atoms with Gasteiger partial charge in [0.1, 0.15) is 5.71 Å². The topological polar surface area (TPSA) is 52.9 Å². The molecule has 0 spiro atoms. The van der Waals surface area contributed by atoms with E-state index in [1.165, 1.54) is 24.3 Å². The first kappa shape index (κ1) is 16.2. The Balaban J connectivity index is 2.07. The molecule has 0 aromatic heterocycles. The second-order valence-corrected chi connectivity index (χ2v) is 5.39. The second-order valence-electron chi connectivity index (χ2n) is 5.39. The van der Waals surface area contributed by atoms with Crippen LogP contribution in [0.2, 0.25) is 0 Å². The molecule has 0 saturated heterocycles. The van der Waals surface area contributed by atoms with Gasteiger partial charge >= 0.3 is 6.18 Å². The van der Waals surface area contributed by atoms with E-state index in [1.54, 1.807) is 36.4 Å². The van der Waals surface area contributed by atoms with Crippen molar-refractivity contribution in [1.82, 2.24) is 5.01 Å². The number of rotatable bonds is 2. The molecule has 0 aliphatic carbocycles. The first-order valence-corrected chi connectivity index (χ1v) is 7.14. The van der Waals surface area contributed by atoms with Crippen LogP contribution in [-0.2, 0) is 5.72 Å². The monoisotopic (exact) mass is 334 g/mol. The Morgan fingerprint density at radius 1 is 1.04 bits per heavy atom. The van der Waals surface area contributed by atoms with E-state index < -0.39 is 29.9 Å². The van der Waals surface area contributed by atoms with Crippen molar-refractivity contribution in [2.24, 2.45) is 5.10 Å². The van der Waals surface area contributed by atoms with Crippen molar-refractivity contribution in [2.75, 3.05) is 0 Å². The fourth-order valence-corrected chi connectivity index (χ4v) is 2.55. The molecule has 4 nitrogen and oxygen atoms in total. The quantitative estimate of drug-likeness (QED) is 0.916. The number of nitrogens with zero attached hydrogens (tertiary/aromatic N) is 2. The van der Waals surface area contributed by atoms with Crippen molar-refractivity contribution >= 4 is 11.6 Å². The third kappa shape index (κ3) is 2.78. The molecule has 0 fully saturated rings. The Kier molecular flexibility index (Phi) is 3.88. The highest BCUT2D eigenvalue weighted by molar-refractivity contribution is 5.99. The zero-order valence-corrected chi connectivity index (χ0v) is 12.4. The summed E-state index contributed by atoms with van der Waals surface area (Å²) in [5, 5.41) is 14.8. The van der Waals surface area contributed by atoms with Crippen molar-refractivity contribution in [3.05, 3.63) is 71.8 Å². The number of hydrogen-bond donors (Lipinski definition) is 1. The summed E-state index contributed by atoms with van der Waals surface area (Å²) in [7, 11) is 0. The molecule has 1 atom stereocenters. The predicted molar refractivity (Wildman–Crippen MR) is 81.1 cm³/mol. The van der Waals surface area contributed by atoms with E-state index in [9.17, 15) is 23.1 Å². The number of benzene rings is 2. The maximum absolute atomic E-state index is 13.1. The molecule has 0 unspecified atom stereocenters. The summed E-state index contributed by atoms with van der Waals surface area (Å²) in [6.07, 6.45) is -5.55. The van der Waals surface area contributed by atoms with Crippen molar-refractivity contribution in [3.8, 4) is 0 Å². The highest BCUT2D eigenvalue weighted by atomic mass is 19.4. The van der Waals surface area contributed by atoms with Gasteiger partial charge in [0.05, 0.1) is 6.42 Å². The van der Waals surface area contributed by atoms with Gasteiger partial charge < -0.3 is 5.11 Å². The molecule has 2 aromatic carbocycles. The molecule has 1 amide bonds. The Bertz CT molecular complexity index is 775. The van der Waals surface area contributed by atoms with Crippen molar-refractivity contribution < 1.29 is 23.1 Å². The molecule has 3 rings (SSSR count). The summed E-state index contributed by atoms with van der Waals surface area (Å²) in [4.78, 5) is 12.6. The molecule has 2 aromatic rings. The van der Waals surface area contributed by atoms with Crippen LogP contribution in [0.15, 0.2) is 65.8 Å². The van der Waals surface area contributed by atoms with Crippen molar-refractivity contribution in [3.63, 3.8) is 0 Å². The third-order valence-corrected chi connectivity index (χ3v) is 3.76. The van der Waals surface area contributed by atoms with Gasteiger partial charge in [0.25, 0.3) is 5.91 Å². The molecule has 1 heterocycles. The fraction of sp³-hybridized carbons (Fsp3) is 0.176. The molecule has 7 heteroatoms. The molecule has 1 N–H and O–H groups in total. The molecule has 24 heavy (non-hydrogen) atoms. The lowest BCUT2D eigenvalue weighted by atomic mass is 9.96. The molecular weight excluding hydrogens is 321 g/mol. The van der Waals surface area contributed by atoms with E-state index in [0.29, 0.717) is 5.01 Å². The Morgan fingerprint density at radius 2 is 1.58 bits per heavy atom. The molecule has 0 bridgehead atoms. The number of hydrazone groups is 1. The van der Waals surface area contributed by atoms with E-state index in [0.717, 1.165) is 0 Å². The molecular formula is C17H13F3N2O2. The van der Waals surface area contributed by atoms with E-state index in [1.807, 2.05) is 0 Å². The molecule has 1 aliphatic rings. The smallest absolute Gasteiger partial charge is 0.365 e. The number of carbonyl (C=O) groups is 1. The highest BCUT2D eigenvalue weighted by Crippen LogP contribution is 2.40. The maximum Gasteiger partial charge on any atom is 0.431 e. The van der Waals surface area contributed by atoms with Crippen LogP contribution in [0.5, 0.6) is 0 Å². The average molecular weight is 334 g/mol. The first-order chi connectivity index (χ1) is 11.3. The van der Waals surface area contributed by atoms with Crippen LogP contribution in [0, 0.1) is 0 Å². The largest absolute Gasteiger partial charge is 0.431 e. The van der Waals surface area contributed by atoms with Crippen LogP contribution in [0.25, 0.3) is 0 Å². The van der Waals surface area contributed by atoms with Crippen LogP contribution in [-0.4, -0.2) is 27.9 Å². The van der Waals surface area contributed by atoms with Gasteiger partial charge in [-0.15, -0.1) is 0 Å². The maximum atomic E-state index is 13.1. The van der Waals surface area contributed by atoms with Gasteiger partial charge in [-0.3, -0.25) is 4.79 Å². The minimum absolute atomic E-state index is 0.138.